The summed E-state index contributed by atoms with van der Waals surface area (Å²) in [5.41, 5.74) is 1.91. The van der Waals surface area contributed by atoms with Crippen molar-refractivity contribution in [2.75, 3.05) is 25.9 Å². The zero-order chi connectivity index (χ0) is 18.9. The van der Waals surface area contributed by atoms with Gasteiger partial charge in [0.05, 0.1) is 6.26 Å². The highest BCUT2D eigenvalue weighted by Crippen LogP contribution is 2.35. The van der Waals surface area contributed by atoms with Crippen molar-refractivity contribution in [1.29, 1.82) is 0 Å². The molecule has 0 radical (unpaired) electrons. The fourth-order valence-corrected chi connectivity index (χ4v) is 4.62. The second-order valence-corrected chi connectivity index (χ2v) is 9.00. The lowest BCUT2D eigenvalue weighted by Gasteiger charge is -2.31. The van der Waals surface area contributed by atoms with Gasteiger partial charge in [-0.15, -0.1) is 13.2 Å². The number of rotatable bonds is 5. The maximum absolute atomic E-state index is 12.4. The lowest BCUT2D eigenvalue weighted by Crippen LogP contribution is -2.40. The van der Waals surface area contributed by atoms with Crippen molar-refractivity contribution in [3.05, 3.63) is 29.3 Å². The molecule has 1 atom stereocenters. The third kappa shape index (κ3) is 4.89. The molecule has 1 fully saturated rings. The van der Waals surface area contributed by atoms with Gasteiger partial charge in [-0.25, -0.2) is 12.7 Å². The van der Waals surface area contributed by atoms with E-state index in [1.165, 1.54) is 22.7 Å². The summed E-state index contributed by atoms with van der Waals surface area (Å²) in [7, 11) is -3.13. The number of benzene rings is 1. The van der Waals surface area contributed by atoms with Crippen molar-refractivity contribution in [3.8, 4) is 5.75 Å². The van der Waals surface area contributed by atoms with Crippen molar-refractivity contribution in [3.63, 3.8) is 0 Å². The van der Waals surface area contributed by atoms with Crippen molar-refractivity contribution in [2.24, 2.45) is 5.92 Å². The van der Waals surface area contributed by atoms with Gasteiger partial charge in [-0.2, -0.15) is 0 Å². The number of fused-ring (bicyclic) bond motifs is 1. The summed E-state index contributed by atoms with van der Waals surface area (Å²) < 4.78 is 65.8. The first-order chi connectivity index (χ1) is 12.1. The third-order valence-electron chi connectivity index (χ3n) is 5.12. The van der Waals surface area contributed by atoms with Gasteiger partial charge in [-0.05, 0) is 61.4 Å². The molecule has 2 aliphatic rings. The van der Waals surface area contributed by atoms with Crippen LogP contribution < -0.4 is 10.1 Å². The highest BCUT2D eigenvalue weighted by molar-refractivity contribution is 7.88. The number of hydrogen-bond acceptors (Lipinski definition) is 4. The molecule has 146 valence electrons. The molecule has 3 rings (SSSR count). The maximum Gasteiger partial charge on any atom is 0.573 e. The molecule has 0 saturated carbocycles. The van der Waals surface area contributed by atoms with Crippen molar-refractivity contribution < 1.29 is 26.3 Å². The van der Waals surface area contributed by atoms with Gasteiger partial charge in [-0.3, -0.25) is 0 Å². The Kier molecular flexibility index (Phi) is 5.50. The Bertz CT molecular complexity index is 744. The number of ether oxygens (including phenoxy) is 1. The summed E-state index contributed by atoms with van der Waals surface area (Å²) in [6.07, 6.45) is -0.225. The van der Waals surface area contributed by atoms with Gasteiger partial charge in [0.25, 0.3) is 0 Å². The molecule has 0 aromatic heterocycles. The lowest BCUT2D eigenvalue weighted by atomic mass is 9.97. The number of piperidine rings is 1. The number of nitrogens with one attached hydrogen (secondary N) is 1. The van der Waals surface area contributed by atoms with Crippen molar-refractivity contribution in [2.45, 2.75) is 38.1 Å². The Balaban J connectivity index is 1.56. The molecule has 1 aliphatic heterocycles. The summed E-state index contributed by atoms with van der Waals surface area (Å²) in [5.74, 6) is 0.179. The second kappa shape index (κ2) is 7.36. The van der Waals surface area contributed by atoms with Crippen LogP contribution in [0.1, 0.15) is 36.4 Å². The average Bonchev–Trinajstić information content (AvgIpc) is 2.93. The van der Waals surface area contributed by atoms with Crippen LogP contribution in [0.4, 0.5) is 13.2 Å². The molecule has 0 spiro atoms. The van der Waals surface area contributed by atoms with Crippen molar-refractivity contribution in [1.82, 2.24) is 9.62 Å². The molecule has 5 nitrogen and oxygen atoms in total. The fourth-order valence-electron chi connectivity index (χ4n) is 3.74. The highest BCUT2D eigenvalue weighted by Gasteiger charge is 2.32. The van der Waals surface area contributed by atoms with Crippen LogP contribution in [0.2, 0.25) is 0 Å². The van der Waals surface area contributed by atoms with Crippen LogP contribution in [0, 0.1) is 5.92 Å². The topological polar surface area (TPSA) is 58.6 Å². The van der Waals surface area contributed by atoms with Crippen LogP contribution in [0.25, 0.3) is 0 Å². The van der Waals surface area contributed by atoms with Crippen LogP contribution >= 0.6 is 0 Å². The van der Waals surface area contributed by atoms with E-state index in [1.54, 1.807) is 6.07 Å². The maximum atomic E-state index is 12.4. The summed E-state index contributed by atoms with van der Waals surface area (Å²) in [5, 5.41) is 3.45. The zero-order valence-corrected chi connectivity index (χ0v) is 15.4. The summed E-state index contributed by atoms with van der Waals surface area (Å²) in [4.78, 5) is 0. The molecular formula is C17H23F3N2O3S. The highest BCUT2D eigenvalue weighted by atomic mass is 32.2. The molecule has 1 saturated heterocycles. The number of halogens is 3. The van der Waals surface area contributed by atoms with Gasteiger partial charge < -0.3 is 10.1 Å². The van der Waals surface area contributed by atoms with E-state index in [9.17, 15) is 21.6 Å². The Morgan fingerprint density at radius 3 is 2.54 bits per heavy atom. The number of aryl methyl sites for hydroxylation is 1. The van der Waals surface area contributed by atoms with Crippen LogP contribution in [0.3, 0.4) is 0 Å². The quantitative estimate of drug-likeness (QED) is 0.837. The minimum absolute atomic E-state index is 0.00900. The number of nitrogens with zero attached hydrogens (tertiary/aromatic N) is 1. The van der Waals surface area contributed by atoms with Gasteiger partial charge in [0.15, 0.2) is 0 Å². The first-order valence-electron chi connectivity index (χ1n) is 8.69. The molecule has 9 heteroatoms. The Labute approximate surface area is 151 Å². The normalized spacial score (nSPS) is 22.4. The van der Waals surface area contributed by atoms with Gasteiger partial charge in [0.1, 0.15) is 5.75 Å². The number of alkyl halides is 3. The molecule has 1 unspecified atom stereocenters. The molecule has 0 amide bonds. The second-order valence-electron chi connectivity index (χ2n) is 7.01. The van der Waals surface area contributed by atoms with E-state index in [4.69, 9.17) is 0 Å². The van der Waals surface area contributed by atoms with Gasteiger partial charge in [0.2, 0.25) is 10.0 Å². The Hall–Kier alpha value is -1.32. The summed E-state index contributed by atoms with van der Waals surface area (Å²) >= 11 is 0. The molecule has 1 N–H and O–H groups in total. The van der Waals surface area contributed by atoms with E-state index >= 15 is 0 Å². The number of sulfonamides is 1. The van der Waals surface area contributed by atoms with E-state index in [0.29, 0.717) is 19.0 Å². The van der Waals surface area contributed by atoms with E-state index in [2.05, 4.69) is 10.1 Å². The van der Waals surface area contributed by atoms with Gasteiger partial charge in [0, 0.05) is 19.1 Å². The zero-order valence-electron chi connectivity index (χ0n) is 14.6. The molecule has 1 aromatic rings. The molecule has 1 aromatic carbocycles. The van der Waals surface area contributed by atoms with Crippen LogP contribution in [0.5, 0.6) is 5.75 Å². The fraction of sp³-hybridized carbons (Fsp3) is 0.647. The average molecular weight is 392 g/mol. The first-order valence-corrected chi connectivity index (χ1v) is 10.5. The lowest BCUT2D eigenvalue weighted by molar-refractivity contribution is -0.274. The summed E-state index contributed by atoms with van der Waals surface area (Å²) in [6, 6.07) is 4.53. The number of hydrogen-bond donors (Lipinski definition) is 1. The Morgan fingerprint density at radius 2 is 1.92 bits per heavy atom. The van der Waals surface area contributed by atoms with Crippen LogP contribution in [-0.4, -0.2) is 45.0 Å². The standard InChI is InChI=1S/C17H23F3N2O3S/c1-26(23,24)22-8-6-12(7-9-22)11-21-16-5-3-13-2-4-14(10-15(13)16)25-17(18,19)20/h2,4,10,12,16,21H,3,5-9,11H2,1H3. The smallest absolute Gasteiger partial charge is 0.406 e. The SMILES string of the molecule is CS(=O)(=O)N1CCC(CNC2CCc3ccc(OC(F)(F)F)cc32)CC1. The Morgan fingerprint density at radius 1 is 1.23 bits per heavy atom. The first kappa shape index (κ1) is 19.4. The monoisotopic (exact) mass is 392 g/mol. The van der Waals surface area contributed by atoms with E-state index in [1.807, 2.05) is 0 Å². The molecule has 1 heterocycles. The van der Waals surface area contributed by atoms with Crippen LogP contribution in [-0.2, 0) is 16.4 Å². The van der Waals surface area contributed by atoms with Crippen molar-refractivity contribution >= 4 is 10.0 Å². The third-order valence-corrected chi connectivity index (χ3v) is 6.43. The molecule has 26 heavy (non-hydrogen) atoms. The molecular weight excluding hydrogens is 369 g/mol. The van der Waals surface area contributed by atoms with Gasteiger partial charge in [-0.1, -0.05) is 6.07 Å². The predicted octanol–water partition coefficient (Wildman–Crippen LogP) is 2.83. The summed E-state index contributed by atoms with van der Waals surface area (Å²) in [6.45, 7) is 1.78. The van der Waals surface area contributed by atoms with E-state index in [0.717, 1.165) is 43.4 Å². The molecule has 0 bridgehead atoms. The largest absolute Gasteiger partial charge is 0.573 e. The molecule has 1 aliphatic carbocycles. The minimum Gasteiger partial charge on any atom is -0.406 e. The predicted molar refractivity (Wildman–Crippen MR) is 91.3 cm³/mol. The van der Waals surface area contributed by atoms with Gasteiger partial charge >= 0.3 is 6.36 Å². The van der Waals surface area contributed by atoms with Crippen LogP contribution in [0.15, 0.2) is 18.2 Å². The van der Waals surface area contributed by atoms with E-state index in [-0.39, 0.29) is 11.8 Å². The minimum atomic E-state index is -4.69. The van der Waals surface area contributed by atoms with E-state index < -0.39 is 16.4 Å².